The van der Waals surface area contributed by atoms with Crippen molar-refractivity contribution in [2.45, 2.75) is 64.3 Å². The molecular weight excluding hydrogens is 534 g/mol. The summed E-state index contributed by atoms with van der Waals surface area (Å²) in [5, 5.41) is 6.73. The minimum absolute atomic E-state index is 0.0675. The number of aryl methyl sites for hydroxylation is 2. The van der Waals surface area contributed by atoms with Gasteiger partial charge in [0.1, 0.15) is 5.82 Å². The molecule has 6 aliphatic rings. The molecule has 8 heteroatoms. The summed E-state index contributed by atoms with van der Waals surface area (Å²) in [6.07, 6.45) is 7.75. The molecule has 224 valence electrons. The van der Waals surface area contributed by atoms with Crippen LogP contribution in [0.5, 0.6) is 0 Å². The lowest BCUT2D eigenvalue weighted by Crippen LogP contribution is -2.50. The van der Waals surface area contributed by atoms with Crippen LogP contribution in [0, 0.1) is 31.6 Å². The number of aromatic nitrogens is 2. The van der Waals surface area contributed by atoms with Gasteiger partial charge in [-0.3, -0.25) is 10.2 Å². The van der Waals surface area contributed by atoms with Gasteiger partial charge in [0.15, 0.2) is 0 Å². The molecule has 2 N–H and O–H groups in total. The predicted octanol–water partition coefficient (Wildman–Crippen LogP) is 6.61. The fourth-order valence-electron chi connectivity index (χ4n) is 9.39. The summed E-state index contributed by atoms with van der Waals surface area (Å²) >= 11 is 0. The van der Waals surface area contributed by atoms with E-state index in [-0.39, 0.29) is 11.4 Å². The van der Waals surface area contributed by atoms with Crippen LogP contribution in [-0.2, 0) is 12.0 Å². The van der Waals surface area contributed by atoms with E-state index in [4.69, 9.17) is 9.97 Å². The number of nitrogens with one attached hydrogen (secondary N) is 2. The Hall–Kier alpha value is -3.65. The Bertz CT molecular complexity index is 1500. The molecule has 2 amide bonds. The summed E-state index contributed by atoms with van der Waals surface area (Å²) in [5.41, 5.74) is 7.75. The van der Waals surface area contributed by atoms with Crippen molar-refractivity contribution in [2.24, 2.45) is 17.8 Å². The van der Waals surface area contributed by atoms with E-state index in [0.29, 0.717) is 18.3 Å². The molecule has 0 unspecified atom stereocenters. The highest BCUT2D eigenvalue weighted by Crippen LogP contribution is 2.61. The van der Waals surface area contributed by atoms with Crippen molar-refractivity contribution in [3.8, 4) is 0 Å². The Morgan fingerprint density at radius 3 is 2.12 bits per heavy atom. The fraction of sp³-hybridized carbons (Fsp3) is 0.514. The molecule has 3 heterocycles. The average molecular weight is 578 g/mol. The Balaban J connectivity index is 1.16. The molecule has 4 aliphatic carbocycles. The van der Waals surface area contributed by atoms with Gasteiger partial charge in [-0.1, -0.05) is 18.2 Å². The number of carbonyl (C=O) groups is 1. The second-order valence-corrected chi connectivity index (χ2v) is 14.1. The first-order chi connectivity index (χ1) is 20.8. The van der Waals surface area contributed by atoms with Crippen molar-refractivity contribution in [3.05, 3.63) is 64.8 Å². The lowest BCUT2D eigenvalue weighted by atomic mass is 9.48. The van der Waals surface area contributed by atoms with Crippen LogP contribution in [0.2, 0.25) is 0 Å². The summed E-state index contributed by atoms with van der Waals surface area (Å²) in [6.45, 7) is 8.94. The van der Waals surface area contributed by atoms with Gasteiger partial charge >= 0.3 is 6.03 Å². The molecule has 0 spiro atoms. The highest BCUT2D eigenvalue weighted by Gasteiger charge is 2.54. The van der Waals surface area contributed by atoms with Gasteiger partial charge < -0.3 is 15.1 Å². The van der Waals surface area contributed by atoms with E-state index < -0.39 is 0 Å². The zero-order valence-electron chi connectivity index (χ0n) is 25.7. The molecule has 8 nitrogen and oxygen atoms in total. The number of likely N-dealkylation sites (N-methyl/N-ethyl adjacent to an activating group) is 1. The van der Waals surface area contributed by atoms with Crippen LogP contribution in [0.3, 0.4) is 0 Å². The molecule has 0 radical (unpaired) electrons. The van der Waals surface area contributed by atoms with Gasteiger partial charge in [-0.05, 0) is 113 Å². The topological polar surface area (TPSA) is 76.6 Å². The van der Waals surface area contributed by atoms with Gasteiger partial charge in [-0.15, -0.1) is 0 Å². The lowest BCUT2D eigenvalue weighted by molar-refractivity contribution is -0.00760. The highest BCUT2D eigenvalue weighted by atomic mass is 16.2. The normalized spacial score (nSPS) is 28.2. The van der Waals surface area contributed by atoms with Crippen molar-refractivity contribution < 1.29 is 4.79 Å². The SMILES string of the molecule is Cc1cccc(C)c1N1Cc2c(nc(Nc3ccc(N4CCN(C)CC4)cc3)nc2C23CC4CC(CC(C4)C2)C3)NC1=O. The highest BCUT2D eigenvalue weighted by molar-refractivity contribution is 6.04. The Kier molecular flexibility index (Phi) is 6.40. The molecule has 3 aromatic rings. The summed E-state index contributed by atoms with van der Waals surface area (Å²) < 4.78 is 0. The quantitative estimate of drug-likeness (QED) is 0.356. The minimum atomic E-state index is -0.123. The Labute approximate surface area is 254 Å². The van der Waals surface area contributed by atoms with Crippen molar-refractivity contribution in [3.63, 3.8) is 0 Å². The number of para-hydroxylation sites is 1. The molecule has 2 aromatic carbocycles. The molecule has 2 aliphatic heterocycles. The predicted molar refractivity (Wildman–Crippen MR) is 172 cm³/mol. The first-order valence-electron chi connectivity index (χ1n) is 16.2. The molecule has 4 saturated carbocycles. The van der Waals surface area contributed by atoms with Gasteiger partial charge in [-0.25, -0.2) is 9.78 Å². The number of anilines is 5. The van der Waals surface area contributed by atoms with Crippen LogP contribution in [0.4, 0.5) is 33.6 Å². The molecule has 1 saturated heterocycles. The number of fused-ring (bicyclic) bond motifs is 1. The second kappa shape index (κ2) is 10.2. The first kappa shape index (κ1) is 26.9. The number of hydrogen-bond donors (Lipinski definition) is 2. The van der Waals surface area contributed by atoms with Gasteiger partial charge in [0.25, 0.3) is 0 Å². The molecule has 4 bridgehead atoms. The summed E-state index contributed by atoms with van der Waals surface area (Å²) in [6, 6.07) is 14.7. The maximum Gasteiger partial charge on any atom is 0.327 e. The molecule has 9 rings (SSSR count). The van der Waals surface area contributed by atoms with Crippen molar-refractivity contribution in [1.82, 2.24) is 14.9 Å². The van der Waals surface area contributed by atoms with Crippen LogP contribution in [-0.4, -0.2) is 54.1 Å². The summed E-state index contributed by atoms with van der Waals surface area (Å²) in [5.74, 6) is 3.64. The number of hydrogen-bond acceptors (Lipinski definition) is 6. The van der Waals surface area contributed by atoms with E-state index in [1.54, 1.807) is 0 Å². The smallest absolute Gasteiger partial charge is 0.327 e. The maximum absolute atomic E-state index is 13.6. The molecule has 1 aromatic heterocycles. The van der Waals surface area contributed by atoms with Crippen molar-refractivity contribution >= 4 is 34.9 Å². The van der Waals surface area contributed by atoms with E-state index in [1.807, 2.05) is 4.90 Å². The zero-order chi connectivity index (χ0) is 29.3. The van der Waals surface area contributed by atoms with Crippen molar-refractivity contribution in [2.75, 3.05) is 53.7 Å². The Morgan fingerprint density at radius 2 is 1.49 bits per heavy atom. The number of rotatable bonds is 5. The van der Waals surface area contributed by atoms with Gasteiger partial charge in [0.2, 0.25) is 5.95 Å². The lowest BCUT2D eigenvalue weighted by Gasteiger charge is -2.57. The second-order valence-electron chi connectivity index (χ2n) is 14.1. The molecule has 43 heavy (non-hydrogen) atoms. The van der Waals surface area contributed by atoms with E-state index in [1.165, 1.54) is 49.9 Å². The van der Waals surface area contributed by atoms with E-state index in [0.717, 1.165) is 72.0 Å². The van der Waals surface area contributed by atoms with Gasteiger partial charge in [-0.2, -0.15) is 4.98 Å². The van der Waals surface area contributed by atoms with Crippen LogP contribution < -0.4 is 20.4 Å². The number of nitrogens with zero attached hydrogens (tertiary/aromatic N) is 5. The average Bonchev–Trinajstić information content (AvgIpc) is 2.97. The summed E-state index contributed by atoms with van der Waals surface area (Å²) in [4.78, 5) is 30.7. The van der Waals surface area contributed by atoms with Gasteiger partial charge in [0, 0.05) is 48.5 Å². The third kappa shape index (κ3) is 4.74. The fourth-order valence-corrected chi connectivity index (χ4v) is 9.39. The zero-order valence-corrected chi connectivity index (χ0v) is 25.7. The van der Waals surface area contributed by atoms with Crippen LogP contribution in [0.1, 0.15) is 60.9 Å². The van der Waals surface area contributed by atoms with E-state index in [2.05, 4.69) is 83.8 Å². The molecule has 0 atom stereocenters. The summed E-state index contributed by atoms with van der Waals surface area (Å²) in [7, 11) is 2.18. The Morgan fingerprint density at radius 1 is 0.860 bits per heavy atom. The van der Waals surface area contributed by atoms with Crippen LogP contribution >= 0.6 is 0 Å². The standard InChI is InChI=1S/C35H43N7O/c1-22-5-4-6-23(2)30(22)42-21-29-31(35-18-24-15-25(19-35)17-26(16-24)20-35)37-33(38-32(29)39-34(42)43)36-27-7-9-28(10-8-27)41-13-11-40(3)12-14-41/h4-10,24-26H,11-21H2,1-3H3,(H2,36,37,38,39,43). The third-order valence-electron chi connectivity index (χ3n) is 11.0. The maximum atomic E-state index is 13.6. The number of amides is 2. The number of benzene rings is 2. The largest absolute Gasteiger partial charge is 0.369 e. The third-order valence-corrected chi connectivity index (χ3v) is 11.0. The van der Waals surface area contributed by atoms with Crippen molar-refractivity contribution in [1.29, 1.82) is 0 Å². The van der Waals surface area contributed by atoms with Crippen LogP contribution in [0.25, 0.3) is 0 Å². The monoisotopic (exact) mass is 577 g/mol. The van der Waals surface area contributed by atoms with Gasteiger partial charge in [0.05, 0.1) is 17.9 Å². The number of carbonyl (C=O) groups excluding carboxylic acids is 1. The molecular formula is C35H43N7O. The molecule has 5 fully saturated rings. The van der Waals surface area contributed by atoms with E-state index >= 15 is 0 Å². The van der Waals surface area contributed by atoms with Crippen LogP contribution in [0.15, 0.2) is 42.5 Å². The number of urea groups is 1. The van der Waals surface area contributed by atoms with E-state index in [9.17, 15) is 4.79 Å². The number of piperazine rings is 1. The minimum Gasteiger partial charge on any atom is -0.369 e. The first-order valence-corrected chi connectivity index (χ1v) is 16.2.